The first-order valence-corrected chi connectivity index (χ1v) is 14.7. The number of hydrogen-bond donors (Lipinski definition) is 2. The number of hydrogen-bond acceptors (Lipinski definition) is 5. The quantitative estimate of drug-likeness (QED) is 0.558. The van der Waals surface area contributed by atoms with E-state index in [2.05, 4.69) is 34.6 Å². The zero-order valence-corrected chi connectivity index (χ0v) is 23.9. The van der Waals surface area contributed by atoms with Gasteiger partial charge in [0.15, 0.2) is 5.78 Å². The molecule has 5 heteroatoms. The molecule has 1 saturated heterocycles. The van der Waals surface area contributed by atoms with Crippen LogP contribution < -0.4 is 0 Å². The van der Waals surface area contributed by atoms with Gasteiger partial charge in [0.05, 0.1) is 17.8 Å². The minimum absolute atomic E-state index is 0.0425. The maximum absolute atomic E-state index is 14.6. The molecule has 0 radical (unpaired) electrons. The van der Waals surface area contributed by atoms with E-state index >= 15 is 0 Å². The predicted octanol–water partition coefficient (Wildman–Crippen LogP) is 5.15. The minimum atomic E-state index is -1.03. The van der Waals surface area contributed by atoms with Gasteiger partial charge in [-0.3, -0.25) is 4.79 Å². The molecule has 12 atom stereocenters. The van der Waals surface area contributed by atoms with Crippen LogP contribution in [-0.2, 0) is 14.3 Å². The molecule has 36 heavy (non-hydrogen) atoms. The van der Waals surface area contributed by atoms with Gasteiger partial charge in [0.2, 0.25) is 0 Å². The molecule has 2 spiro atoms. The number of carbonyl (C=O) groups is 1. The molecule has 6 fully saturated rings. The highest BCUT2D eigenvalue weighted by Gasteiger charge is 2.84. The molecule has 5 nitrogen and oxygen atoms in total. The second kappa shape index (κ2) is 7.37. The van der Waals surface area contributed by atoms with Gasteiger partial charge in [0.25, 0.3) is 0 Å². The number of aliphatic hydroxyl groups excluding tert-OH is 1. The Morgan fingerprint density at radius 2 is 1.67 bits per heavy atom. The van der Waals surface area contributed by atoms with Gasteiger partial charge in [0.1, 0.15) is 12.2 Å². The Morgan fingerprint density at radius 1 is 1.03 bits per heavy atom. The fraction of sp³-hybridized carbons (Fsp3) is 0.968. The summed E-state index contributed by atoms with van der Waals surface area (Å²) in [4.78, 5) is 14.6. The van der Waals surface area contributed by atoms with E-state index in [1.54, 1.807) is 21.0 Å². The summed E-state index contributed by atoms with van der Waals surface area (Å²) in [6.07, 6.45) is 7.31. The van der Waals surface area contributed by atoms with Crippen LogP contribution in [0.3, 0.4) is 0 Å². The number of ketones is 1. The van der Waals surface area contributed by atoms with Gasteiger partial charge in [-0.2, -0.15) is 0 Å². The molecule has 0 aromatic heterocycles. The topological polar surface area (TPSA) is 76.0 Å². The van der Waals surface area contributed by atoms with Crippen LogP contribution in [-0.4, -0.2) is 53.1 Å². The molecule has 1 heterocycles. The lowest BCUT2D eigenvalue weighted by Gasteiger charge is -2.62. The summed E-state index contributed by atoms with van der Waals surface area (Å²) < 4.78 is 12.4. The smallest absolute Gasteiger partial charge is 0.168 e. The average molecular weight is 503 g/mol. The fourth-order valence-electron chi connectivity index (χ4n) is 12.1. The van der Waals surface area contributed by atoms with Crippen molar-refractivity contribution in [3.8, 4) is 0 Å². The molecule has 0 unspecified atom stereocenters. The van der Waals surface area contributed by atoms with E-state index in [0.717, 1.165) is 38.5 Å². The van der Waals surface area contributed by atoms with Crippen LogP contribution in [0.5, 0.6) is 0 Å². The van der Waals surface area contributed by atoms with Crippen LogP contribution in [0.25, 0.3) is 0 Å². The van der Waals surface area contributed by atoms with E-state index < -0.39 is 17.8 Å². The maximum atomic E-state index is 14.6. The summed E-state index contributed by atoms with van der Waals surface area (Å²) in [5.74, 6) is 1.86. The number of fused-ring (bicyclic) bond motifs is 4. The second-order valence-electron chi connectivity index (χ2n) is 15.7. The molecule has 0 aromatic carbocycles. The fourth-order valence-corrected chi connectivity index (χ4v) is 12.1. The minimum Gasteiger partial charge on any atom is -0.393 e. The molecule has 1 aliphatic heterocycles. The highest BCUT2D eigenvalue weighted by molar-refractivity contribution is 5.93. The van der Waals surface area contributed by atoms with Gasteiger partial charge in [0, 0.05) is 18.4 Å². The Balaban J connectivity index is 1.36. The van der Waals surface area contributed by atoms with Crippen molar-refractivity contribution in [3.63, 3.8) is 0 Å². The lowest BCUT2D eigenvalue weighted by molar-refractivity contribution is -0.200. The molecular weight excluding hydrogens is 452 g/mol. The van der Waals surface area contributed by atoms with E-state index in [-0.39, 0.29) is 39.8 Å². The summed E-state index contributed by atoms with van der Waals surface area (Å²) >= 11 is 0. The number of methoxy groups -OCH3 is 1. The number of rotatable bonds is 3. The molecule has 2 N–H and O–H groups in total. The third kappa shape index (κ3) is 2.75. The zero-order valence-electron chi connectivity index (χ0n) is 23.9. The van der Waals surface area contributed by atoms with Gasteiger partial charge in [-0.1, -0.05) is 34.6 Å². The van der Waals surface area contributed by atoms with Crippen LogP contribution in [0.1, 0.15) is 99.8 Å². The van der Waals surface area contributed by atoms with E-state index in [9.17, 15) is 15.0 Å². The van der Waals surface area contributed by atoms with Crippen LogP contribution in [0, 0.1) is 50.7 Å². The van der Waals surface area contributed by atoms with Crippen molar-refractivity contribution in [2.45, 2.75) is 130 Å². The van der Waals surface area contributed by atoms with Crippen molar-refractivity contribution in [2.75, 3.05) is 7.11 Å². The molecule has 5 saturated carbocycles. The van der Waals surface area contributed by atoms with Crippen LogP contribution in [0.4, 0.5) is 0 Å². The van der Waals surface area contributed by atoms with Crippen molar-refractivity contribution in [1.82, 2.24) is 0 Å². The zero-order chi connectivity index (χ0) is 26.3. The lowest BCUT2D eigenvalue weighted by Crippen LogP contribution is -2.59. The first-order chi connectivity index (χ1) is 16.6. The molecule has 204 valence electrons. The number of aliphatic hydroxyl groups is 2. The Hall–Kier alpha value is -0.490. The summed E-state index contributed by atoms with van der Waals surface area (Å²) in [6, 6.07) is 0. The third-order valence-corrected chi connectivity index (χ3v) is 13.8. The van der Waals surface area contributed by atoms with E-state index in [0.29, 0.717) is 29.0 Å². The Labute approximate surface area is 218 Å². The highest BCUT2D eigenvalue weighted by Crippen LogP contribution is 2.88. The maximum Gasteiger partial charge on any atom is 0.168 e. The van der Waals surface area contributed by atoms with Gasteiger partial charge < -0.3 is 19.7 Å². The monoisotopic (exact) mass is 502 g/mol. The Kier molecular flexibility index (Phi) is 5.28. The number of ether oxygens (including phenoxy) is 2. The van der Waals surface area contributed by atoms with Crippen molar-refractivity contribution < 1.29 is 24.5 Å². The normalized spacial score (nSPS) is 56.1. The highest BCUT2D eigenvalue weighted by atomic mass is 16.6. The van der Waals surface area contributed by atoms with Crippen LogP contribution >= 0.6 is 0 Å². The average Bonchev–Trinajstić information content (AvgIpc) is 3.41. The van der Waals surface area contributed by atoms with Crippen molar-refractivity contribution >= 4 is 5.78 Å². The molecule has 0 aromatic rings. The molecular formula is C31H50O5. The van der Waals surface area contributed by atoms with Crippen molar-refractivity contribution in [2.24, 2.45) is 50.7 Å². The molecule has 5 aliphatic carbocycles. The van der Waals surface area contributed by atoms with E-state index in [1.165, 1.54) is 12.8 Å². The van der Waals surface area contributed by atoms with Gasteiger partial charge in [-0.15, -0.1) is 0 Å². The first kappa shape index (κ1) is 25.8. The van der Waals surface area contributed by atoms with Crippen LogP contribution in [0.2, 0.25) is 0 Å². The van der Waals surface area contributed by atoms with Crippen LogP contribution in [0.15, 0.2) is 0 Å². The molecule has 0 bridgehead atoms. The lowest BCUT2D eigenvalue weighted by atomic mass is 9.41. The van der Waals surface area contributed by atoms with E-state index in [1.807, 2.05) is 0 Å². The van der Waals surface area contributed by atoms with Crippen molar-refractivity contribution in [3.05, 3.63) is 0 Å². The third-order valence-electron chi connectivity index (χ3n) is 13.8. The van der Waals surface area contributed by atoms with Crippen molar-refractivity contribution in [1.29, 1.82) is 0 Å². The predicted molar refractivity (Wildman–Crippen MR) is 138 cm³/mol. The van der Waals surface area contributed by atoms with E-state index in [4.69, 9.17) is 9.47 Å². The van der Waals surface area contributed by atoms with Gasteiger partial charge in [-0.05, 0) is 105 Å². The first-order valence-electron chi connectivity index (χ1n) is 14.7. The SMILES string of the molecule is CO[C@@H]([C@H]1C[C@@H](C)[C@H]2[C@H](O1)C(=O)[C@@]1(C)[C@@H]3CC[C@H]4C(C)(C)[C@@H](O)CC[C@@]45C[C@@]35CC[C@]21C)C(C)(C)O. The van der Waals surface area contributed by atoms with Gasteiger partial charge in [-0.25, -0.2) is 0 Å². The number of carbonyl (C=O) groups excluding carboxylic acids is 1. The summed E-state index contributed by atoms with van der Waals surface area (Å²) in [5.41, 5.74) is -0.944. The Bertz CT molecular complexity index is 953. The summed E-state index contributed by atoms with van der Waals surface area (Å²) in [5, 5.41) is 21.7. The van der Waals surface area contributed by atoms with Gasteiger partial charge >= 0.3 is 0 Å². The summed E-state index contributed by atoms with van der Waals surface area (Å²) in [6.45, 7) is 15.2. The second-order valence-corrected chi connectivity index (χ2v) is 15.7. The number of Topliss-reactive ketones (excluding diaryl/α,β-unsaturated/α-hetero) is 1. The molecule has 0 amide bonds. The molecule has 6 rings (SSSR count). The Morgan fingerprint density at radius 3 is 2.31 bits per heavy atom. The summed E-state index contributed by atoms with van der Waals surface area (Å²) in [7, 11) is 1.64. The largest absolute Gasteiger partial charge is 0.393 e. The standard InChI is InChI=1S/C31H50O5/c1-17-15-18(25(35-8)27(4,5)34)36-23-22(17)28(6)13-14-31-16-30(31)12-11-21(32)26(2,3)19(30)9-10-20(31)29(28,7)24(23)33/h17-23,25,32,34H,9-16H2,1-8H3/t17-,18-,19+,20+,21+,22+,23+,25+,28-,29-,30-,31+/m1/s1. The molecule has 6 aliphatic rings.